The van der Waals surface area contributed by atoms with E-state index in [1.54, 1.807) is 0 Å². The predicted octanol–water partition coefficient (Wildman–Crippen LogP) is 3.89. The van der Waals surface area contributed by atoms with Crippen molar-refractivity contribution in [3.05, 3.63) is 35.1 Å². The quantitative estimate of drug-likeness (QED) is 0.665. The minimum Gasteiger partial charge on any atom is -0.403 e. The molecule has 2 aliphatic heterocycles. The second-order valence-electron chi connectivity index (χ2n) is 8.55. The van der Waals surface area contributed by atoms with Crippen molar-refractivity contribution in [2.24, 2.45) is 0 Å². The Kier molecular flexibility index (Phi) is 5.50. The minimum atomic E-state index is -3.85. The van der Waals surface area contributed by atoms with Gasteiger partial charge in [-0.05, 0) is 56.4 Å². The van der Waals surface area contributed by atoms with Crippen LogP contribution in [0.15, 0.2) is 29.2 Å². The van der Waals surface area contributed by atoms with E-state index in [9.17, 15) is 18.1 Å². The fraction of sp³-hybridized carbons (Fsp3) is 0.524. The summed E-state index contributed by atoms with van der Waals surface area (Å²) in [4.78, 5) is 10.8. The first-order valence-corrected chi connectivity index (χ1v) is 12.1. The number of fused-ring (bicyclic) bond motifs is 1. The molecule has 0 unspecified atom stereocenters. The van der Waals surface area contributed by atoms with Gasteiger partial charge in [-0.2, -0.15) is 13.8 Å². The van der Waals surface area contributed by atoms with E-state index in [4.69, 9.17) is 11.6 Å². The molecule has 3 aliphatic rings. The highest BCUT2D eigenvalue weighted by Gasteiger charge is 2.53. The van der Waals surface area contributed by atoms with Gasteiger partial charge in [0.2, 0.25) is 5.88 Å². The highest BCUT2D eigenvalue weighted by molar-refractivity contribution is 7.86. The molecule has 32 heavy (non-hydrogen) atoms. The van der Waals surface area contributed by atoms with Crippen molar-refractivity contribution in [1.82, 2.24) is 9.97 Å². The van der Waals surface area contributed by atoms with Crippen molar-refractivity contribution in [2.45, 2.75) is 53.9 Å². The number of ether oxygens (including phenoxy) is 1. The Hall–Kier alpha value is -2.04. The van der Waals surface area contributed by atoms with Gasteiger partial charge in [-0.3, -0.25) is 0 Å². The zero-order valence-corrected chi connectivity index (χ0v) is 18.8. The molecule has 2 aromatic rings. The summed E-state index contributed by atoms with van der Waals surface area (Å²) >= 11 is 5.97. The molecule has 1 aromatic heterocycles. The number of anilines is 2. The molecular weight excluding hydrogens is 462 g/mol. The van der Waals surface area contributed by atoms with Gasteiger partial charge in [-0.15, -0.1) is 0 Å². The molecule has 3 heterocycles. The fourth-order valence-corrected chi connectivity index (χ4v) is 5.48. The summed E-state index contributed by atoms with van der Waals surface area (Å²) < 4.78 is 45.2. The number of aromatic nitrogens is 2. The normalized spacial score (nSPS) is 23.9. The standard InChI is InChI=1S/C21H23ClF2N4O3S/c22-14-2-4-15(5-3-14)28-10-6-13(7-11-28)17-25-18(27-20(12-29)8-1-9-20)16-19(26-17)31-21(23,24)32(16)30/h2-5,13,29H,1,6-12H2,(H,25,26,27)/t32-/m1/s1. The van der Waals surface area contributed by atoms with Gasteiger partial charge in [-0.25, -0.2) is 9.19 Å². The van der Waals surface area contributed by atoms with Crippen LogP contribution in [-0.2, 0) is 10.8 Å². The van der Waals surface area contributed by atoms with Crippen molar-refractivity contribution in [3.8, 4) is 5.88 Å². The van der Waals surface area contributed by atoms with Crippen LogP contribution in [0.5, 0.6) is 5.88 Å². The lowest BCUT2D eigenvalue weighted by atomic mass is 9.77. The summed E-state index contributed by atoms with van der Waals surface area (Å²) in [7, 11) is -2.72. The summed E-state index contributed by atoms with van der Waals surface area (Å²) in [6.45, 7) is 1.34. The van der Waals surface area contributed by atoms with Crippen LogP contribution in [0.3, 0.4) is 0 Å². The maximum atomic E-state index is 14.1. The molecule has 172 valence electrons. The van der Waals surface area contributed by atoms with Crippen molar-refractivity contribution in [1.29, 1.82) is 0 Å². The Labute approximate surface area is 191 Å². The first kappa shape index (κ1) is 21.8. The van der Waals surface area contributed by atoms with E-state index in [0.717, 1.165) is 38.0 Å². The van der Waals surface area contributed by atoms with Gasteiger partial charge in [0.05, 0.1) is 12.1 Å². The number of hydrogen-bond donors (Lipinski definition) is 2. The number of rotatable bonds is 5. The third kappa shape index (κ3) is 3.82. The highest BCUT2D eigenvalue weighted by Crippen LogP contribution is 2.46. The van der Waals surface area contributed by atoms with E-state index in [1.807, 2.05) is 24.3 Å². The first-order chi connectivity index (χ1) is 15.3. The highest BCUT2D eigenvalue weighted by atomic mass is 35.5. The van der Waals surface area contributed by atoms with Gasteiger partial charge in [0, 0.05) is 29.7 Å². The molecule has 7 nitrogen and oxygen atoms in total. The summed E-state index contributed by atoms with van der Waals surface area (Å²) in [5.74, 6) is 0.0778. The van der Waals surface area contributed by atoms with Crippen molar-refractivity contribution < 1.29 is 22.8 Å². The second-order valence-corrected chi connectivity index (χ2v) is 10.4. The van der Waals surface area contributed by atoms with E-state index < -0.39 is 21.8 Å². The van der Waals surface area contributed by atoms with Gasteiger partial charge < -0.3 is 20.1 Å². The van der Waals surface area contributed by atoms with Gasteiger partial charge >= 0.3 is 5.44 Å². The second kappa shape index (κ2) is 8.07. The summed E-state index contributed by atoms with van der Waals surface area (Å²) in [6, 6.07) is 7.63. The fourth-order valence-electron chi connectivity index (χ4n) is 4.44. The van der Waals surface area contributed by atoms with E-state index >= 15 is 0 Å². The lowest BCUT2D eigenvalue weighted by Gasteiger charge is -2.41. The maximum absolute atomic E-state index is 14.1. The summed E-state index contributed by atoms with van der Waals surface area (Å²) in [5, 5.41) is 13.6. The number of piperidine rings is 1. The molecule has 1 saturated heterocycles. The molecule has 1 atom stereocenters. The van der Waals surface area contributed by atoms with Crippen LogP contribution in [0.2, 0.25) is 5.02 Å². The maximum Gasteiger partial charge on any atom is 0.488 e. The SMILES string of the molecule is O=[S@@]1c2c(NC3(CO)CCC3)nc(C3CCN(c4ccc(Cl)cc4)CC3)nc2OC1(F)F. The third-order valence-corrected chi connectivity index (χ3v) is 8.02. The summed E-state index contributed by atoms with van der Waals surface area (Å²) in [5.41, 5.74) is -3.42. The molecule has 1 aliphatic carbocycles. The van der Waals surface area contributed by atoms with E-state index in [1.165, 1.54) is 0 Å². The average Bonchev–Trinajstić information content (AvgIpc) is 2.99. The Bertz CT molecular complexity index is 1040. The molecule has 5 rings (SSSR count). The van der Waals surface area contributed by atoms with Crippen LogP contribution in [0.25, 0.3) is 0 Å². The molecule has 0 spiro atoms. The van der Waals surface area contributed by atoms with Crippen LogP contribution in [0, 0.1) is 0 Å². The van der Waals surface area contributed by atoms with Gasteiger partial charge in [0.1, 0.15) is 5.82 Å². The van der Waals surface area contributed by atoms with Crippen LogP contribution >= 0.6 is 11.6 Å². The number of nitrogens with zero attached hydrogens (tertiary/aromatic N) is 3. The molecule has 2 fully saturated rings. The van der Waals surface area contributed by atoms with Gasteiger partial charge in [-0.1, -0.05) is 11.6 Å². The van der Waals surface area contributed by atoms with Crippen LogP contribution < -0.4 is 15.0 Å². The number of hydrogen-bond acceptors (Lipinski definition) is 7. The average molecular weight is 485 g/mol. The summed E-state index contributed by atoms with van der Waals surface area (Å²) in [6.07, 6.45) is 3.73. The third-order valence-electron chi connectivity index (χ3n) is 6.52. The van der Waals surface area contributed by atoms with E-state index in [2.05, 4.69) is 24.9 Å². The molecule has 0 amide bonds. The first-order valence-electron chi connectivity index (χ1n) is 10.6. The number of nitrogens with one attached hydrogen (secondary N) is 1. The zero-order valence-electron chi connectivity index (χ0n) is 17.2. The molecule has 0 radical (unpaired) electrons. The lowest BCUT2D eigenvalue weighted by Crippen LogP contribution is -2.48. The number of aliphatic hydroxyl groups is 1. The largest absolute Gasteiger partial charge is 0.488 e. The van der Waals surface area contributed by atoms with Crippen LogP contribution in [0.1, 0.15) is 43.8 Å². The monoisotopic (exact) mass is 484 g/mol. The number of alkyl halides is 2. The Morgan fingerprint density at radius 1 is 1.22 bits per heavy atom. The molecule has 11 heteroatoms. The number of benzene rings is 1. The Balaban J connectivity index is 1.41. The van der Waals surface area contributed by atoms with Crippen molar-refractivity contribution >= 4 is 33.9 Å². The molecule has 2 N–H and O–H groups in total. The Morgan fingerprint density at radius 2 is 1.91 bits per heavy atom. The number of halogens is 3. The topological polar surface area (TPSA) is 87.6 Å². The zero-order chi connectivity index (χ0) is 22.5. The van der Waals surface area contributed by atoms with E-state index in [-0.39, 0.29) is 29.1 Å². The van der Waals surface area contributed by atoms with Gasteiger partial charge in [0.25, 0.3) is 0 Å². The van der Waals surface area contributed by atoms with Crippen LogP contribution in [0.4, 0.5) is 20.3 Å². The smallest absolute Gasteiger partial charge is 0.403 e. The molecule has 1 saturated carbocycles. The van der Waals surface area contributed by atoms with E-state index in [0.29, 0.717) is 23.7 Å². The molecular formula is C21H23ClF2N4O3S. The molecule has 1 aromatic carbocycles. The van der Waals surface area contributed by atoms with Crippen LogP contribution in [-0.4, -0.2) is 50.0 Å². The van der Waals surface area contributed by atoms with Gasteiger partial charge in [0.15, 0.2) is 21.5 Å². The van der Waals surface area contributed by atoms with Crippen molar-refractivity contribution in [2.75, 3.05) is 29.9 Å². The number of aliphatic hydroxyl groups excluding tert-OH is 1. The minimum absolute atomic E-state index is 0.0536. The Morgan fingerprint density at radius 3 is 2.50 bits per heavy atom. The van der Waals surface area contributed by atoms with Crippen molar-refractivity contribution in [3.63, 3.8) is 0 Å². The molecule has 0 bridgehead atoms. The predicted molar refractivity (Wildman–Crippen MR) is 117 cm³/mol. The lowest BCUT2D eigenvalue weighted by molar-refractivity contribution is -0.0890.